The van der Waals surface area contributed by atoms with Gasteiger partial charge in [0.2, 0.25) is 6.33 Å². The van der Waals surface area contributed by atoms with Crippen molar-refractivity contribution in [2.45, 2.75) is 31.4 Å². The van der Waals surface area contributed by atoms with E-state index in [9.17, 15) is 43.7 Å². The normalized spacial score (nSPS) is 13.6. The minimum Gasteiger partial charge on any atom is -0.445 e. The van der Waals surface area contributed by atoms with Gasteiger partial charge in [-0.3, -0.25) is 0 Å². The molecule has 0 amide bonds. The fourth-order valence-corrected chi connectivity index (χ4v) is 1.08. The number of aromatic nitrogens is 2. The molecule has 0 aliphatic heterocycles. The number of rotatable bonds is 3. The summed E-state index contributed by atoms with van der Waals surface area (Å²) in [4.78, 5) is 0. The predicted molar refractivity (Wildman–Crippen MR) is 56.3 cm³/mol. The zero-order chi connectivity index (χ0) is 18.0. The van der Waals surface area contributed by atoms with Crippen molar-refractivity contribution in [1.29, 1.82) is 0 Å². The Hall–Kier alpha value is -1.43. The van der Waals surface area contributed by atoms with Crippen LogP contribution in [0, 0.1) is 0 Å². The van der Waals surface area contributed by atoms with Crippen molar-refractivity contribution in [3.8, 4) is 0 Å². The highest BCUT2D eigenvalue weighted by molar-refractivity contribution is 6.61. The van der Waals surface area contributed by atoms with Crippen molar-refractivity contribution >= 4 is 6.98 Å². The summed E-state index contributed by atoms with van der Waals surface area (Å²) in [5.74, 6) is -14.2. The molecule has 1 rings (SSSR count). The van der Waals surface area contributed by atoms with Crippen LogP contribution in [0.5, 0.6) is 0 Å². The Balaban J connectivity index is 0.000000461. The summed E-state index contributed by atoms with van der Waals surface area (Å²) in [5, 5.41) is 0. The minimum atomic E-state index is -7.63. The molecule has 0 aliphatic carbocycles. The molecule has 0 aromatic carbocycles. The molecule has 0 atom stereocenters. The number of hydrogen-bond acceptors (Lipinski definition) is 0. The van der Waals surface area contributed by atoms with Gasteiger partial charge in [0.15, 0.2) is 0 Å². The van der Waals surface area contributed by atoms with Crippen LogP contribution >= 0.6 is 0 Å². The highest BCUT2D eigenvalue weighted by atomic mass is 19.4. The van der Waals surface area contributed by atoms with E-state index in [0.29, 0.717) is 0 Å². The summed E-state index contributed by atoms with van der Waals surface area (Å²) in [5.41, 5.74) is 0. The SMILES string of the molecule is CCn1cc[n+](C)c1.F[B-](F)(F)C(F)(F)C(F)(F)C(F)(F)F. The fraction of sp³-hybridized carbons (Fsp3) is 0.667. The second-order valence-corrected chi connectivity index (χ2v) is 4.18. The van der Waals surface area contributed by atoms with Crippen LogP contribution in [-0.2, 0) is 13.6 Å². The van der Waals surface area contributed by atoms with Crippen LogP contribution in [0.25, 0.3) is 0 Å². The van der Waals surface area contributed by atoms with Gasteiger partial charge in [0.25, 0.3) is 5.82 Å². The van der Waals surface area contributed by atoms with Crippen molar-refractivity contribution < 1.29 is 48.2 Å². The fourth-order valence-electron chi connectivity index (χ4n) is 1.08. The molecule has 0 unspecified atom stereocenters. The summed E-state index contributed by atoms with van der Waals surface area (Å²) in [6, 6.07) is 0. The number of halogens is 10. The average Bonchev–Trinajstić information content (AvgIpc) is 2.72. The van der Waals surface area contributed by atoms with E-state index in [1.807, 2.05) is 17.8 Å². The van der Waals surface area contributed by atoms with E-state index in [2.05, 4.69) is 24.0 Å². The number of aryl methyl sites for hydroxylation is 2. The van der Waals surface area contributed by atoms with E-state index >= 15 is 0 Å². The molecular weight excluding hydrogens is 337 g/mol. The number of hydrogen-bond donors (Lipinski definition) is 0. The molecule has 0 radical (unpaired) electrons. The molecule has 0 bridgehead atoms. The quantitative estimate of drug-likeness (QED) is 0.449. The molecule has 22 heavy (non-hydrogen) atoms. The van der Waals surface area contributed by atoms with Crippen molar-refractivity contribution in [1.82, 2.24) is 4.57 Å². The Morgan fingerprint density at radius 2 is 1.45 bits per heavy atom. The highest BCUT2D eigenvalue weighted by Crippen LogP contribution is 2.51. The molecule has 1 heterocycles. The third-order valence-corrected chi connectivity index (χ3v) is 2.37. The lowest BCUT2D eigenvalue weighted by molar-refractivity contribution is -0.671. The Morgan fingerprint density at radius 3 is 1.59 bits per heavy atom. The molecule has 1 aromatic rings. The largest absolute Gasteiger partial charge is 0.555 e. The summed E-state index contributed by atoms with van der Waals surface area (Å²) < 4.78 is 118. The maximum Gasteiger partial charge on any atom is 0.555 e. The maximum absolute atomic E-state index is 11.6. The van der Waals surface area contributed by atoms with Crippen LogP contribution in [0.1, 0.15) is 6.92 Å². The minimum absolute atomic E-state index is 1.06. The number of nitrogens with zero attached hydrogens (tertiary/aromatic N) is 2. The van der Waals surface area contributed by atoms with Gasteiger partial charge in [0.05, 0.1) is 13.6 Å². The maximum atomic E-state index is 11.6. The van der Waals surface area contributed by atoms with Crippen LogP contribution in [0.4, 0.5) is 43.7 Å². The lowest BCUT2D eigenvalue weighted by Gasteiger charge is -2.34. The molecule has 0 spiro atoms. The Bertz CT molecular complexity index is 451. The summed E-state index contributed by atoms with van der Waals surface area (Å²) >= 11 is 0. The van der Waals surface area contributed by atoms with Crippen LogP contribution in [0.15, 0.2) is 18.7 Å². The third kappa shape index (κ3) is 4.29. The smallest absolute Gasteiger partial charge is 0.445 e. The predicted octanol–water partition coefficient (Wildman–Crippen LogP) is 3.54. The summed E-state index contributed by atoms with van der Waals surface area (Å²) in [6.45, 7) is -4.45. The van der Waals surface area contributed by atoms with E-state index in [0.717, 1.165) is 6.54 Å². The van der Waals surface area contributed by atoms with Crippen LogP contribution in [0.2, 0.25) is 0 Å². The Kier molecular flexibility index (Phi) is 5.95. The van der Waals surface area contributed by atoms with Crippen molar-refractivity contribution in [2.24, 2.45) is 7.05 Å². The first-order valence-corrected chi connectivity index (χ1v) is 5.60. The molecule has 2 nitrogen and oxygen atoms in total. The molecule has 0 saturated heterocycles. The Morgan fingerprint density at radius 1 is 1.00 bits per heavy atom. The van der Waals surface area contributed by atoms with Gasteiger partial charge in [-0.15, -0.1) is 0 Å². The van der Waals surface area contributed by atoms with E-state index in [4.69, 9.17) is 0 Å². The molecule has 0 fully saturated rings. The molecule has 130 valence electrons. The highest BCUT2D eigenvalue weighted by Gasteiger charge is 2.78. The van der Waals surface area contributed by atoms with Crippen molar-refractivity contribution in [2.75, 3.05) is 0 Å². The third-order valence-electron chi connectivity index (χ3n) is 2.37. The first-order valence-electron chi connectivity index (χ1n) is 5.60. The topological polar surface area (TPSA) is 8.81 Å². The molecule has 0 aliphatic rings. The van der Waals surface area contributed by atoms with Gasteiger partial charge in [-0.25, -0.2) is 17.9 Å². The second-order valence-electron chi connectivity index (χ2n) is 4.18. The van der Waals surface area contributed by atoms with E-state index in [1.165, 1.54) is 0 Å². The Labute approximate surface area is 118 Å². The van der Waals surface area contributed by atoms with Crippen LogP contribution in [0.3, 0.4) is 0 Å². The zero-order valence-electron chi connectivity index (χ0n) is 11.2. The van der Waals surface area contributed by atoms with E-state index in [1.54, 1.807) is 0 Å². The molecule has 1 aromatic heterocycles. The molecule has 0 N–H and O–H groups in total. The van der Waals surface area contributed by atoms with E-state index < -0.39 is 24.9 Å². The van der Waals surface area contributed by atoms with Gasteiger partial charge in [0.1, 0.15) is 12.4 Å². The van der Waals surface area contributed by atoms with Gasteiger partial charge in [0, 0.05) is 0 Å². The molecular formula is C9H11BF10N2. The van der Waals surface area contributed by atoms with Gasteiger partial charge >= 0.3 is 19.1 Å². The summed E-state index contributed by atoms with van der Waals surface area (Å²) in [6.07, 6.45) is -0.808. The average molecular weight is 348 g/mol. The van der Waals surface area contributed by atoms with Crippen LogP contribution < -0.4 is 4.57 Å². The molecule has 13 heteroatoms. The van der Waals surface area contributed by atoms with Gasteiger partial charge < -0.3 is 12.9 Å². The van der Waals surface area contributed by atoms with Gasteiger partial charge in [-0.2, -0.15) is 22.0 Å². The zero-order valence-corrected chi connectivity index (χ0v) is 11.2. The van der Waals surface area contributed by atoms with E-state index in [-0.39, 0.29) is 0 Å². The first-order chi connectivity index (χ1) is 9.58. The standard InChI is InChI=1S/C6H11N2.C3BF10/c1-3-8-5-4-7(2)6-8;5-1(6,3(9,10)11)2(7,8)4(12,13)14/h4-6H,3H2,1-2H3;/q+1;-1. The second kappa shape index (κ2) is 6.36. The number of alkyl halides is 7. The van der Waals surface area contributed by atoms with Crippen molar-refractivity contribution in [3.63, 3.8) is 0 Å². The van der Waals surface area contributed by atoms with Gasteiger partial charge in [-0.05, 0) is 6.92 Å². The van der Waals surface area contributed by atoms with Crippen LogP contribution in [-0.4, -0.2) is 29.5 Å². The monoisotopic (exact) mass is 348 g/mol. The summed E-state index contributed by atoms with van der Waals surface area (Å²) in [7, 11) is 2.02. The van der Waals surface area contributed by atoms with Gasteiger partial charge in [-0.1, -0.05) is 0 Å². The van der Waals surface area contributed by atoms with Crippen molar-refractivity contribution in [3.05, 3.63) is 18.7 Å². The lowest BCUT2D eigenvalue weighted by atomic mass is 9.76. The number of imidazole rings is 1. The lowest BCUT2D eigenvalue weighted by Crippen LogP contribution is -2.62. The first kappa shape index (κ1) is 20.6. The molecule has 0 saturated carbocycles.